The molecule has 15 heteroatoms. The van der Waals surface area contributed by atoms with Crippen molar-refractivity contribution in [3.8, 4) is 10.6 Å². The summed E-state index contributed by atoms with van der Waals surface area (Å²) in [6.07, 6.45) is -1.83. The lowest BCUT2D eigenvalue weighted by Gasteiger charge is -2.43. The summed E-state index contributed by atoms with van der Waals surface area (Å²) in [5.74, 6) is -3.44. The highest BCUT2D eigenvalue weighted by Gasteiger charge is 2.43. The zero-order valence-electron chi connectivity index (χ0n) is 19.1. The maximum absolute atomic E-state index is 14.6. The number of alkyl halides is 2. The van der Waals surface area contributed by atoms with Crippen LogP contribution in [0.3, 0.4) is 0 Å². The van der Waals surface area contributed by atoms with Crippen LogP contribution in [0.4, 0.5) is 32.8 Å². The molecule has 1 saturated heterocycles. The van der Waals surface area contributed by atoms with Gasteiger partial charge in [0.05, 0.1) is 24.1 Å². The summed E-state index contributed by atoms with van der Waals surface area (Å²) >= 11 is 0.969. The Hall–Kier alpha value is -3.43. The van der Waals surface area contributed by atoms with E-state index in [2.05, 4.69) is 19.9 Å². The number of hydrogen-bond donors (Lipinski definition) is 3. The molecule has 3 aromatic heterocycles. The van der Waals surface area contributed by atoms with Crippen molar-refractivity contribution in [1.29, 1.82) is 0 Å². The van der Waals surface area contributed by atoms with Gasteiger partial charge in [-0.2, -0.15) is 0 Å². The van der Waals surface area contributed by atoms with Crippen LogP contribution in [0, 0.1) is 17.5 Å². The average Bonchev–Trinajstić information content (AvgIpc) is 3.46. The van der Waals surface area contributed by atoms with E-state index in [1.54, 1.807) is 9.47 Å². The molecule has 4 heterocycles. The average molecular weight is 541 g/mol. The van der Waals surface area contributed by atoms with Gasteiger partial charge >= 0.3 is 0 Å². The summed E-state index contributed by atoms with van der Waals surface area (Å²) in [6, 6.07) is 1.14. The van der Waals surface area contributed by atoms with Crippen molar-refractivity contribution in [3.63, 3.8) is 0 Å². The van der Waals surface area contributed by atoms with Gasteiger partial charge in [0.25, 0.3) is 6.43 Å². The first kappa shape index (κ1) is 25.2. The number of anilines is 2. The molecule has 0 radical (unpaired) electrons. The van der Waals surface area contributed by atoms with Gasteiger partial charge in [0.1, 0.15) is 33.8 Å². The summed E-state index contributed by atoms with van der Waals surface area (Å²) in [5.41, 5.74) is 11.3. The zero-order chi connectivity index (χ0) is 26.5. The number of benzene rings is 1. The van der Waals surface area contributed by atoms with Crippen molar-refractivity contribution in [3.05, 3.63) is 47.9 Å². The minimum absolute atomic E-state index is 0.0440. The number of piperidine rings is 1. The molecule has 4 aromatic rings. The number of nitrogens with zero attached hydrogens (tertiary/aromatic N) is 6. The Bertz CT molecular complexity index is 1460. The Labute approximate surface area is 210 Å². The first-order valence-electron chi connectivity index (χ1n) is 11.1. The number of hydrogen-bond acceptors (Lipinski definition) is 9. The van der Waals surface area contributed by atoms with Crippen LogP contribution in [0.5, 0.6) is 0 Å². The molecule has 0 amide bonds. The monoisotopic (exact) mass is 540 g/mol. The van der Waals surface area contributed by atoms with Crippen LogP contribution in [-0.2, 0) is 6.54 Å². The minimum atomic E-state index is -3.04. The van der Waals surface area contributed by atoms with Crippen LogP contribution in [0.25, 0.3) is 21.7 Å². The van der Waals surface area contributed by atoms with E-state index >= 15 is 0 Å². The normalized spacial score (nSPS) is 19.2. The first-order valence-corrected chi connectivity index (χ1v) is 11.9. The minimum Gasteiger partial charge on any atom is -0.385 e. The molecule has 1 fully saturated rings. The van der Waals surface area contributed by atoms with Crippen molar-refractivity contribution in [1.82, 2.24) is 24.5 Å². The first-order chi connectivity index (χ1) is 17.6. The van der Waals surface area contributed by atoms with Gasteiger partial charge in [0.2, 0.25) is 0 Å². The summed E-state index contributed by atoms with van der Waals surface area (Å²) in [5, 5.41) is 10.6. The Morgan fingerprint density at radius 3 is 2.62 bits per heavy atom. The molecule has 0 spiro atoms. The Kier molecular flexibility index (Phi) is 6.45. The van der Waals surface area contributed by atoms with Gasteiger partial charge in [0.15, 0.2) is 23.1 Å². The number of aliphatic hydroxyl groups is 1. The Morgan fingerprint density at radius 1 is 1.11 bits per heavy atom. The second-order valence-electron chi connectivity index (χ2n) is 8.86. The molecule has 0 saturated carbocycles. The molecule has 196 valence electrons. The predicted molar refractivity (Wildman–Crippen MR) is 127 cm³/mol. The van der Waals surface area contributed by atoms with Crippen LogP contribution < -0.4 is 16.4 Å². The number of rotatable bonds is 6. The number of thiazole rings is 1. The van der Waals surface area contributed by atoms with E-state index in [1.165, 1.54) is 12.7 Å². The third-order valence-corrected chi connectivity index (χ3v) is 7.53. The van der Waals surface area contributed by atoms with Crippen molar-refractivity contribution in [2.75, 3.05) is 23.7 Å². The molecule has 2 atom stereocenters. The largest absolute Gasteiger partial charge is 0.385 e. The third-order valence-electron chi connectivity index (χ3n) is 6.34. The van der Waals surface area contributed by atoms with Crippen LogP contribution in [-0.4, -0.2) is 60.8 Å². The van der Waals surface area contributed by atoms with Crippen molar-refractivity contribution >= 4 is 33.3 Å². The van der Waals surface area contributed by atoms with E-state index in [0.29, 0.717) is 47.0 Å². The number of fused-ring (bicyclic) bond motifs is 1. The molecule has 0 bridgehead atoms. The Balaban J connectivity index is 1.59. The SMILES string of the molecule is Nc1ncnc2c1ncn2Cc1nc(-c2cc(F)c(F)cc2F)sc1N1CCC[C@](N)([C@H](O)C(F)F)C1. The number of aliphatic hydroxyl groups excluding tert-OH is 1. The Morgan fingerprint density at radius 2 is 1.86 bits per heavy atom. The van der Waals surface area contributed by atoms with Crippen molar-refractivity contribution in [2.24, 2.45) is 5.73 Å². The van der Waals surface area contributed by atoms with Gasteiger partial charge in [-0.25, -0.2) is 41.9 Å². The number of imidazole rings is 1. The fourth-order valence-electron chi connectivity index (χ4n) is 4.45. The topological polar surface area (TPSA) is 132 Å². The van der Waals surface area contributed by atoms with E-state index in [4.69, 9.17) is 11.5 Å². The molecule has 0 aliphatic carbocycles. The molecule has 0 unspecified atom stereocenters. The van der Waals surface area contributed by atoms with E-state index < -0.39 is 35.5 Å². The van der Waals surface area contributed by atoms with E-state index in [1.807, 2.05) is 0 Å². The quantitative estimate of drug-likeness (QED) is 0.251. The number of nitrogen functional groups attached to an aromatic ring is 1. The maximum Gasteiger partial charge on any atom is 0.265 e. The van der Waals surface area contributed by atoms with Crippen LogP contribution in [0.2, 0.25) is 0 Å². The van der Waals surface area contributed by atoms with Crippen LogP contribution in [0.1, 0.15) is 18.5 Å². The molecule has 37 heavy (non-hydrogen) atoms. The van der Waals surface area contributed by atoms with Crippen LogP contribution >= 0.6 is 11.3 Å². The lowest BCUT2D eigenvalue weighted by molar-refractivity contribution is -0.0529. The fourth-order valence-corrected chi connectivity index (χ4v) is 5.57. The molecular weight excluding hydrogens is 519 g/mol. The smallest absolute Gasteiger partial charge is 0.265 e. The van der Waals surface area contributed by atoms with Gasteiger partial charge in [-0.15, -0.1) is 0 Å². The lowest BCUT2D eigenvalue weighted by Crippen LogP contribution is -2.63. The van der Waals surface area contributed by atoms with Crippen molar-refractivity contribution < 1.29 is 27.1 Å². The number of halogens is 5. The third kappa shape index (κ3) is 4.57. The molecule has 1 aliphatic heterocycles. The molecule has 1 aromatic carbocycles. The summed E-state index contributed by atoms with van der Waals surface area (Å²) in [4.78, 5) is 18.5. The van der Waals surface area contributed by atoms with Gasteiger partial charge in [-0.3, -0.25) is 0 Å². The predicted octanol–water partition coefficient (Wildman–Crippen LogP) is 2.92. The molecule has 5 N–H and O–H groups in total. The highest BCUT2D eigenvalue weighted by molar-refractivity contribution is 7.19. The second-order valence-corrected chi connectivity index (χ2v) is 9.84. The molecular formula is C22H21F5N8OS. The van der Waals surface area contributed by atoms with Gasteiger partial charge in [-0.1, -0.05) is 11.3 Å². The standard InChI is InChI=1S/C22H21F5N8OS/c23-11-5-13(25)12(24)4-10(11)20-33-14(6-35-9-32-15-18(28)30-8-31-19(15)35)21(37-20)34-3-1-2-22(29,7-34)16(36)17(26)27/h4-5,8-9,16-17,36H,1-3,6-7,29H2,(H2,28,30,31)/t16-,22-/m1/s1. The van der Waals surface area contributed by atoms with E-state index in [-0.39, 0.29) is 35.9 Å². The zero-order valence-corrected chi connectivity index (χ0v) is 19.9. The van der Waals surface area contributed by atoms with Crippen molar-refractivity contribution in [2.45, 2.75) is 37.5 Å². The van der Waals surface area contributed by atoms with E-state index in [9.17, 15) is 27.1 Å². The summed E-state index contributed by atoms with van der Waals surface area (Å²) < 4.78 is 70.4. The molecule has 1 aliphatic rings. The maximum atomic E-state index is 14.6. The summed E-state index contributed by atoms with van der Waals surface area (Å²) in [7, 11) is 0. The lowest BCUT2D eigenvalue weighted by atomic mass is 9.85. The summed E-state index contributed by atoms with van der Waals surface area (Å²) in [6.45, 7) is 0.312. The highest BCUT2D eigenvalue weighted by atomic mass is 32.1. The fraction of sp³-hybridized carbons (Fsp3) is 0.364. The van der Waals surface area contributed by atoms with Gasteiger partial charge in [-0.05, 0) is 18.9 Å². The van der Waals surface area contributed by atoms with E-state index in [0.717, 1.165) is 11.3 Å². The van der Waals surface area contributed by atoms with Crippen LogP contribution in [0.15, 0.2) is 24.8 Å². The highest BCUT2D eigenvalue weighted by Crippen LogP contribution is 2.40. The van der Waals surface area contributed by atoms with Gasteiger partial charge < -0.3 is 26.0 Å². The number of aromatic nitrogens is 5. The number of nitrogens with two attached hydrogens (primary N) is 2. The molecule has 5 rings (SSSR count). The molecule has 9 nitrogen and oxygen atoms in total. The second kappa shape index (κ2) is 9.46. The van der Waals surface area contributed by atoms with Gasteiger partial charge in [0, 0.05) is 24.7 Å².